The third-order valence-electron chi connectivity index (χ3n) is 1.61. The van der Waals surface area contributed by atoms with Gasteiger partial charge >= 0.3 is 0 Å². The summed E-state index contributed by atoms with van der Waals surface area (Å²) < 4.78 is 0. The van der Waals surface area contributed by atoms with Gasteiger partial charge < -0.3 is 5.11 Å². The Morgan fingerprint density at radius 1 is 1.23 bits per heavy atom. The Morgan fingerprint density at radius 2 is 1.69 bits per heavy atom. The normalized spacial score (nSPS) is 13.0. The number of rotatable bonds is 2. The third-order valence-corrected chi connectivity index (χ3v) is 2.50. The molecule has 72 valence electrons. The van der Waals surface area contributed by atoms with Crippen LogP contribution in [0, 0.1) is 0 Å². The molecule has 0 fully saturated rings. The minimum atomic E-state index is -0.462. The first-order valence-electron chi connectivity index (χ1n) is 3.82. The molecule has 0 aromatic heterocycles. The van der Waals surface area contributed by atoms with Gasteiger partial charge in [-0.3, -0.25) is 0 Å². The van der Waals surface area contributed by atoms with E-state index in [0.29, 0.717) is 21.5 Å². The molecule has 0 aliphatic heterocycles. The van der Waals surface area contributed by atoms with Gasteiger partial charge in [0.1, 0.15) is 0 Å². The second-order valence-electron chi connectivity index (χ2n) is 2.90. The Labute approximate surface area is 92.2 Å². The van der Waals surface area contributed by atoms with E-state index in [0.717, 1.165) is 5.56 Å². The first-order valence-corrected chi connectivity index (χ1v) is 4.95. The molecule has 0 bridgehead atoms. The summed E-state index contributed by atoms with van der Waals surface area (Å²) in [4.78, 5) is 0. The lowest BCUT2D eigenvalue weighted by Gasteiger charge is -2.09. The van der Waals surface area contributed by atoms with E-state index in [1.165, 1.54) is 0 Å². The smallest absolute Gasteiger partial charge is 0.0553 e. The molecular weight excluding hydrogens is 230 g/mol. The van der Waals surface area contributed by atoms with E-state index in [-0.39, 0.29) is 0 Å². The Balaban J connectivity index is 3.06. The summed E-state index contributed by atoms with van der Waals surface area (Å²) in [7, 11) is 0. The summed E-state index contributed by atoms with van der Waals surface area (Å²) in [5, 5.41) is 10.7. The molecule has 0 aliphatic carbocycles. The van der Waals surface area contributed by atoms with E-state index in [9.17, 15) is 5.11 Å². The van der Waals surface area contributed by atoms with Gasteiger partial charge in [-0.15, -0.1) is 0 Å². The lowest BCUT2D eigenvalue weighted by molar-refractivity contribution is 0.195. The van der Waals surface area contributed by atoms with Crippen molar-refractivity contribution in [2.24, 2.45) is 0 Å². The van der Waals surface area contributed by atoms with Crippen LogP contribution in [0.5, 0.6) is 0 Å². The Morgan fingerprint density at radius 3 is 2.08 bits per heavy atom. The molecule has 13 heavy (non-hydrogen) atoms. The van der Waals surface area contributed by atoms with Crippen molar-refractivity contribution in [1.82, 2.24) is 0 Å². The fourth-order valence-corrected chi connectivity index (χ4v) is 2.03. The average Bonchev–Trinajstić information content (AvgIpc) is 1.96. The zero-order chi connectivity index (χ0) is 10.0. The van der Waals surface area contributed by atoms with Crippen molar-refractivity contribution in [2.75, 3.05) is 0 Å². The largest absolute Gasteiger partial charge is 0.393 e. The first kappa shape index (κ1) is 11.1. The van der Waals surface area contributed by atoms with E-state index in [1.807, 2.05) is 0 Å². The first-order chi connectivity index (χ1) is 6.00. The van der Waals surface area contributed by atoms with Gasteiger partial charge in [-0.1, -0.05) is 34.8 Å². The van der Waals surface area contributed by atoms with Crippen molar-refractivity contribution in [3.63, 3.8) is 0 Å². The zero-order valence-electron chi connectivity index (χ0n) is 7.02. The lowest BCUT2D eigenvalue weighted by Crippen LogP contribution is -2.05. The molecule has 0 saturated carbocycles. The van der Waals surface area contributed by atoms with E-state index in [2.05, 4.69) is 0 Å². The molecule has 0 aliphatic rings. The molecule has 0 spiro atoms. The minimum absolute atomic E-state index is 0.439. The van der Waals surface area contributed by atoms with Crippen LogP contribution in [-0.4, -0.2) is 11.2 Å². The zero-order valence-corrected chi connectivity index (χ0v) is 9.29. The van der Waals surface area contributed by atoms with Gasteiger partial charge in [-0.05, 0) is 24.6 Å². The van der Waals surface area contributed by atoms with Crippen molar-refractivity contribution >= 4 is 34.8 Å². The van der Waals surface area contributed by atoms with Crippen LogP contribution < -0.4 is 0 Å². The summed E-state index contributed by atoms with van der Waals surface area (Å²) in [6.45, 7) is 1.68. The van der Waals surface area contributed by atoms with Gasteiger partial charge in [0.2, 0.25) is 0 Å². The van der Waals surface area contributed by atoms with Gasteiger partial charge in [0.05, 0.1) is 6.10 Å². The van der Waals surface area contributed by atoms with Gasteiger partial charge in [-0.25, -0.2) is 0 Å². The summed E-state index contributed by atoms with van der Waals surface area (Å²) in [6, 6.07) is 3.24. The maximum Gasteiger partial charge on any atom is 0.0553 e. The summed E-state index contributed by atoms with van der Waals surface area (Å²) in [5.74, 6) is 0. The standard InChI is InChI=1S/C9H9Cl3O/c1-5(13)2-7-8(11)3-6(10)4-9(7)12/h3-5,13H,2H2,1H3/t5-/m1/s1. The van der Waals surface area contributed by atoms with Crippen LogP contribution in [-0.2, 0) is 6.42 Å². The highest BCUT2D eigenvalue weighted by Gasteiger charge is 2.09. The molecular formula is C9H9Cl3O. The van der Waals surface area contributed by atoms with E-state index in [1.54, 1.807) is 19.1 Å². The Kier molecular flexibility index (Phi) is 3.87. The van der Waals surface area contributed by atoms with Crippen molar-refractivity contribution in [1.29, 1.82) is 0 Å². The van der Waals surface area contributed by atoms with E-state index in [4.69, 9.17) is 34.8 Å². The van der Waals surface area contributed by atoms with Crippen molar-refractivity contribution in [2.45, 2.75) is 19.4 Å². The van der Waals surface area contributed by atoms with E-state index >= 15 is 0 Å². The number of aliphatic hydroxyl groups excluding tert-OH is 1. The maximum atomic E-state index is 9.17. The molecule has 1 aromatic carbocycles. The lowest BCUT2D eigenvalue weighted by atomic mass is 10.1. The van der Waals surface area contributed by atoms with Crippen LogP contribution in [0.2, 0.25) is 15.1 Å². The minimum Gasteiger partial charge on any atom is -0.393 e. The SMILES string of the molecule is C[C@@H](O)Cc1c(Cl)cc(Cl)cc1Cl. The predicted octanol–water partition coefficient (Wildman–Crippen LogP) is 3.57. The average molecular weight is 240 g/mol. The maximum absolute atomic E-state index is 9.17. The summed E-state index contributed by atoms with van der Waals surface area (Å²) >= 11 is 17.5. The fourth-order valence-electron chi connectivity index (χ4n) is 1.06. The number of halogens is 3. The number of benzene rings is 1. The Hall–Kier alpha value is 0.0500. The summed E-state index contributed by atoms with van der Waals surface area (Å²) in [5.41, 5.74) is 0.739. The number of aliphatic hydroxyl groups is 1. The Bertz CT molecular complexity index is 287. The highest BCUT2D eigenvalue weighted by atomic mass is 35.5. The molecule has 1 aromatic rings. The quantitative estimate of drug-likeness (QED) is 0.836. The molecule has 4 heteroatoms. The fraction of sp³-hybridized carbons (Fsp3) is 0.333. The van der Waals surface area contributed by atoms with Gasteiger partial charge in [0, 0.05) is 21.5 Å². The van der Waals surface area contributed by atoms with Crippen molar-refractivity contribution in [3.8, 4) is 0 Å². The van der Waals surface area contributed by atoms with Crippen LogP contribution in [0.4, 0.5) is 0 Å². The van der Waals surface area contributed by atoms with Crippen LogP contribution in [0.1, 0.15) is 12.5 Å². The monoisotopic (exact) mass is 238 g/mol. The van der Waals surface area contributed by atoms with Crippen LogP contribution in [0.3, 0.4) is 0 Å². The second kappa shape index (κ2) is 4.52. The van der Waals surface area contributed by atoms with E-state index < -0.39 is 6.10 Å². The molecule has 1 atom stereocenters. The van der Waals surface area contributed by atoms with Gasteiger partial charge in [-0.2, -0.15) is 0 Å². The molecule has 0 radical (unpaired) electrons. The number of hydrogen-bond acceptors (Lipinski definition) is 1. The summed E-state index contributed by atoms with van der Waals surface area (Å²) in [6.07, 6.45) is -0.0226. The second-order valence-corrected chi connectivity index (χ2v) is 4.15. The molecule has 0 unspecified atom stereocenters. The topological polar surface area (TPSA) is 20.2 Å². The molecule has 1 N–H and O–H groups in total. The van der Waals surface area contributed by atoms with Crippen molar-refractivity contribution in [3.05, 3.63) is 32.8 Å². The number of hydrogen-bond donors (Lipinski definition) is 1. The highest BCUT2D eigenvalue weighted by Crippen LogP contribution is 2.29. The van der Waals surface area contributed by atoms with Crippen LogP contribution >= 0.6 is 34.8 Å². The molecule has 0 amide bonds. The van der Waals surface area contributed by atoms with Crippen molar-refractivity contribution < 1.29 is 5.11 Å². The highest BCUT2D eigenvalue weighted by molar-refractivity contribution is 6.39. The molecule has 1 rings (SSSR count). The third kappa shape index (κ3) is 3.03. The molecule has 0 saturated heterocycles. The van der Waals surface area contributed by atoms with Gasteiger partial charge in [0.25, 0.3) is 0 Å². The van der Waals surface area contributed by atoms with Gasteiger partial charge in [0.15, 0.2) is 0 Å². The molecule has 1 nitrogen and oxygen atoms in total. The van der Waals surface area contributed by atoms with Crippen LogP contribution in [0.15, 0.2) is 12.1 Å². The van der Waals surface area contributed by atoms with Crippen LogP contribution in [0.25, 0.3) is 0 Å². The molecule has 0 heterocycles. The predicted molar refractivity (Wildman–Crippen MR) is 56.9 cm³/mol.